The molecule has 3 fully saturated rings. The van der Waals surface area contributed by atoms with Gasteiger partial charge in [-0.1, -0.05) is 12.1 Å². The molecule has 0 aliphatic carbocycles. The zero-order chi connectivity index (χ0) is 14.8. The lowest BCUT2D eigenvalue weighted by atomic mass is 10.0. The van der Waals surface area contributed by atoms with Crippen molar-refractivity contribution in [3.63, 3.8) is 0 Å². The first-order chi connectivity index (χ1) is 10.9. The van der Waals surface area contributed by atoms with Gasteiger partial charge in [0.25, 0.3) is 6.48 Å². The predicted molar refractivity (Wildman–Crippen MR) is 75.8 cm³/mol. The topological polar surface area (TPSA) is 62.0 Å². The van der Waals surface area contributed by atoms with E-state index in [1.165, 1.54) is 5.56 Å². The zero-order valence-corrected chi connectivity index (χ0v) is 12.3. The minimum absolute atomic E-state index is 0.220. The third kappa shape index (κ3) is 3.97. The Kier molecular flexibility index (Phi) is 4.27. The average molecular weight is 308 g/mol. The molecule has 3 aliphatic heterocycles. The molecule has 0 saturated carbocycles. The van der Waals surface area contributed by atoms with Gasteiger partial charge in [0.2, 0.25) is 0 Å². The van der Waals surface area contributed by atoms with Gasteiger partial charge in [-0.05, 0) is 17.7 Å². The lowest BCUT2D eigenvalue weighted by Gasteiger charge is -2.29. The first-order valence-electron chi connectivity index (χ1n) is 7.67. The summed E-state index contributed by atoms with van der Waals surface area (Å²) in [6.45, 7) is 3.35. The standard InChI is InChI=1S/C16H20O6/c1-3-13(17-7-14-8-18-14)4-2-11(1)12-5-20-16(21-6-12)22-10-15-9-19-15/h1-4,12,14-16H,5-10H2. The second kappa shape index (κ2) is 6.52. The highest BCUT2D eigenvalue weighted by molar-refractivity contribution is 5.29. The van der Waals surface area contributed by atoms with Crippen molar-refractivity contribution in [1.82, 2.24) is 0 Å². The van der Waals surface area contributed by atoms with Crippen LogP contribution in [0.5, 0.6) is 5.75 Å². The lowest BCUT2D eigenvalue weighted by Crippen LogP contribution is -2.33. The van der Waals surface area contributed by atoms with E-state index in [4.69, 9.17) is 28.4 Å². The Balaban J connectivity index is 1.23. The molecule has 3 saturated heterocycles. The predicted octanol–water partition coefficient (Wildman–Crippen LogP) is 1.29. The molecule has 2 unspecified atom stereocenters. The highest BCUT2D eigenvalue weighted by Crippen LogP contribution is 2.25. The zero-order valence-electron chi connectivity index (χ0n) is 12.3. The van der Waals surface area contributed by atoms with Crippen molar-refractivity contribution in [2.75, 3.05) is 39.6 Å². The van der Waals surface area contributed by atoms with Crippen LogP contribution in [-0.4, -0.2) is 58.3 Å². The van der Waals surface area contributed by atoms with Crippen LogP contribution in [0.1, 0.15) is 11.5 Å². The maximum atomic E-state index is 5.63. The highest BCUT2D eigenvalue weighted by atomic mass is 16.9. The maximum absolute atomic E-state index is 5.63. The SMILES string of the molecule is c1cc(C2COC(OCC3CO3)OC2)ccc1OCC1CO1. The van der Waals surface area contributed by atoms with E-state index in [0.717, 1.165) is 19.0 Å². The van der Waals surface area contributed by atoms with Gasteiger partial charge in [0.05, 0.1) is 33.0 Å². The lowest BCUT2D eigenvalue weighted by molar-refractivity contribution is -0.315. The average Bonchev–Trinajstić information content (AvgIpc) is 3.47. The van der Waals surface area contributed by atoms with Gasteiger partial charge in [0.15, 0.2) is 0 Å². The van der Waals surface area contributed by atoms with Gasteiger partial charge in [-0.2, -0.15) is 0 Å². The van der Waals surface area contributed by atoms with Crippen LogP contribution in [0.15, 0.2) is 24.3 Å². The minimum Gasteiger partial charge on any atom is -0.491 e. The molecular formula is C16H20O6. The molecule has 3 aliphatic rings. The van der Waals surface area contributed by atoms with Gasteiger partial charge in [0, 0.05) is 5.92 Å². The van der Waals surface area contributed by atoms with Crippen molar-refractivity contribution >= 4 is 0 Å². The van der Waals surface area contributed by atoms with E-state index < -0.39 is 6.48 Å². The molecule has 3 heterocycles. The first-order valence-corrected chi connectivity index (χ1v) is 7.67. The van der Waals surface area contributed by atoms with Crippen LogP contribution in [-0.2, 0) is 23.7 Å². The van der Waals surface area contributed by atoms with Crippen LogP contribution in [0.25, 0.3) is 0 Å². The summed E-state index contributed by atoms with van der Waals surface area (Å²) in [5, 5.41) is 0. The van der Waals surface area contributed by atoms with Crippen molar-refractivity contribution in [2.45, 2.75) is 24.6 Å². The van der Waals surface area contributed by atoms with Crippen molar-refractivity contribution in [2.24, 2.45) is 0 Å². The van der Waals surface area contributed by atoms with Crippen molar-refractivity contribution in [3.8, 4) is 5.75 Å². The van der Waals surface area contributed by atoms with Gasteiger partial charge < -0.3 is 28.4 Å². The first kappa shape index (κ1) is 14.4. The third-order valence-electron chi connectivity index (χ3n) is 3.88. The summed E-state index contributed by atoms with van der Waals surface area (Å²) in [6, 6.07) is 8.06. The fourth-order valence-corrected chi connectivity index (χ4v) is 2.31. The third-order valence-corrected chi connectivity index (χ3v) is 3.88. The van der Waals surface area contributed by atoms with Crippen molar-refractivity contribution in [3.05, 3.63) is 29.8 Å². The molecule has 0 N–H and O–H groups in total. The summed E-state index contributed by atoms with van der Waals surface area (Å²) >= 11 is 0. The molecule has 0 radical (unpaired) electrons. The molecule has 0 bridgehead atoms. The summed E-state index contributed by atoms with van der Waals surface area (Å²) in [4.78, 5) is 0. The largest absolute Gasteiger partial charge is 0.491 e. The fraction of sp³-hybridized carbons (Fsp3) is 0.625. The smallest absolute Gasteiger partial charge is 0.271 e. The van der Waals surface area contributed by atoms with E-state index in [-0.39, 0.29) is 18.1 Å². The van der Waals surface area contributed by atoms with Crippen LogP contribution in [0.2, 0.25) is 0 Å². The molecule has 6 nitrogen and oxygen atoms in total. The summed E-state index contributed by atoms with van der Waals surface area (Å²) in [6.07, 6.45) is 0.497. The second-order valence-corrected chi connectivity index (χ2v) is 5.78. The van der Waals surface area contributed by atoms with Crippen LogP contribution in [0.3, 0.4) is 0 Å². The molecule has 6 heteroatoms. The normalized spacial score (nSPS) is 33.5. The summed E-state index contributed by atoms with van der Waals surface area (Å²) in [7, 11) is 0. The Morgan fingerprint density at radius 1 is 0.818 bits per heavy atom. The van der Waals surface area contributed by atoms with Crippen LogP contribution in [0.4, 0.5) is 0 Å². The molecule has 1 aromatic carbocycles. The Labute approximate surface area is 129 Å². The minimum atomic E-state index is -0.568. The van der Waals surface area contributed by atoms with E-state index in [0.29, 0.717) is 26.4 Å². The van der Waals surface area contributed by atoms with Crippen molar-refractivity contribution < 1.29 is 28.4 Å². The highest BCUT2D eigenvalue weighted by Gasteiger charge is 2.28. The number of hydrogen-bond acceptors (Lipinski definition) is 6. The monoisotopic (exact) mass is 308 g/mol. The van der Waals surface area contributed by atoms with Crippen LogP contribution >= 0.6 is 0 Å². The molecule has 1 aromatic rings. The van der Waals surface area contributed by atoms with E-state index >= 15 is 0 Å². The quantitative estimate of drug-likeness (QED) is 0.708. The number of benzene rings is 1. The number of hydrogen-bond donors (Lipinski definition) is 0. The molecule has 0 spiro atoms. The molecule has 4 rings (SSSR count). The Hall–Kier alpha value is -1.18. The molecule has 2 atom stereocenters. The summed E-state index contributed by atoms with van der Waals surface area (Å²) < 4.78 is 32.5. The summed E-state index contributed by atoms with van der Waals surface area (Å²) in [5.41, 5.74) is 1.18. The Morgan fingerprint density at radius 2 is 1.45 bits per heavy atom. The molecule has 0 amide bonds. The fourth-order valence-electron chi connectivity index (χ4n) is 2.31. The van der Waals surface area contributed by atoms with Crippen LogP contribution in [0, 0.1) is 0 Å². The number of ether oxygens (including phenoxy) is 6. The molecule has 0 aromatic heterocycles. The van der Waals surface area contributed by atoms with Gasteiger partial charge in [-0.3, -0.25) is 0 Å². The molecular weight excluding hydrogens is 288 g/mol. The Bertz CT molecular complexity index is 474. The number of epoxide rings is 2. The summed E-state index contributed by atoms with van der Waals surface area (Å²) in [5.74, 6) is 1.08. The van der Waals surface area contributed by atoms with E-state index in [9.17, 15) is 0 Å². The molecule has 22 heavy (non-hydrogen) atoms. The van der Waals surface area contributed by atoms with Gasteiger partial charge >= 0.3 is 0 Å². The van der Waals surface area contributed by atoms with E-state index in [1.807, 2.05) is 12.1 Å². The van der Waals surface area contributed by atoms with E-state index in [1.54, 1.807) is 0 Å². The van der Waals surface area contributed by atoms with Gasteiger partial charge in [0.1, 0.15) is 24.6 Å². The van der Waals surface area contributed by atoms with Gasteiger partial charge in [-0.25, -0.2) is 0 Å². The Morgan fingerprint density at radius 3 is 2.09 bits per heavy atom. The van der Waals surface area contributed by atoms with E-state index in [2.05, 4.69) is 12.1 Å². The molecule has 120 valence electrons. The van der Waals surface area contributed by atoms with Crippen molar-refractivity contribution in [1.29, 1.82) is 0 Å². The number of rotatable bonds is 7. The maximum Gasteiger partial charge on any atom is 0.271 e. The van der Waals surface area contributed by atoms with Gasteiger partial charge in [-0.15, -0.1) is 0 Å². The van der Waals surface area contributed by atoms with Crippen LogP contribution < -0.4 is 4.74 Å². The second-order valence-electron chi connectivity index (χ2n) is 5.78.